The summed E-state index contributed by atoms with van der Waals surface area (Å²) in [6, 6.07) is 11.6. The Labute approximate surface area is 139 Å². The van der Waals surface area contributed by atoms with E-state index < -0.39 is 6.04 Å². The van der Waals surface area contributed by atoms with Crippen LogP contribution in [-0.2, 0) is 4.79 Å². The standard InChI is InChI=1S/C17H20FN5O/c1-10-3-6-13(7-4-10)19-16-15(21-23-22-16)17(24)20-14-8-5-12(18)9-11(14)2/h3-9,15-16,19,21-23H,1-2H3,(H,20,24). The summed E-state index contributed by atoms with van der Waals surface area (Å²) in [5.41, 5.74) is 11.9. The van der Waals surface area contributed by atoms with E-state index >= 15 is 0 Å². The molecule has 1 amide bonds. The molecule has 0 saturated carbocycles. The lowest BCUT2D eigenvalue weighted by Gasteiger charge is -2.20. The van der Waals surface area contributed by atoms with E-state index in [9.17, 15) is 9.18 Å². The Kier molecular flexibility index (Phi) is 4.75. The molecular weight excluding hydrogens is 309 g/mol. The molecule has 2 atom stereocenters. The van der Waals surface area contributed by atoms with Gasteiger partial charge in [0, 0.05) is 11.4 Å². The number of hydrogen-bond donors (Lipinski definition) is 5. The molecule has 126 valence electrons. The maximum Gasteiger partial charge on any atom is 0.246 e. The molecule has 6 nitrogen and oxygen atoms in total. The zero-order valence-corrected chi connectivity index (χ0v) is 13.5. The number of nitrogens with one attached hydrogen (secondary N) is 5. The number of halogens is 1. The Hall–Kier alpha value is -2.48. The van der Waals surface area contributed by atoms with Crippen LogP contribution in [0.15, 0.2) is 42.5 Å². The van der Waals surface area contributed by atoms with Gasteiger partial charge in [-0.2, -0.15) is 5.53 Å². The van der Waals surface area contributed by atoms with Crippen LogP contribution in [0.2, 0.25) is 0 Å². The molecular formula is C17H20FN5O. The van der Waals surface area contributed by atoms with Gasteiger partial charge in [0.25, 0.3) is 0 Å². The Morgan fingerprint density at radius 3 is 2.54 bits per heavy atom. The van der Waals surface area contributed by atoms with Gasteiger partial charge in [0.15, 0.2) is 0 Å². The summed E-state index contributed by atoms with van der Waals surface area (Å²) < 4.78 is 13.2. The first-order valence-corrected chi connectivity index (χ1v) is 7.69. The fraction of sp³-hybridized carbons (Fsp3) is 0.235. The van der Waals surface area contributed by atoms with Crippen LogP contribution in [0.25, 0.3) is 0 Å². The molecule has 2 aromatic rings. The van der Waals surface area contributed by atoms with Gasteiger partial charge in [0.2, 0.25) is 5.91 Å². The van der Waals surface area contributed by atoms with E-state index in [2.05, 4.69) is 27.0 Å². The van der Waals surface area contributed by atoms with Crippen molar-refractivity contribution in [2.75, 3.05) is 10.6 Å². The lowest BCUT2D eigenvalue weighted by Crippen LogP contribution is -2.48. The lowest BCUT2D eigenvalue weighted by molar-refractivity contribution is -0.118. The number of hydrazine groups is 2. The van der Waals surface area contributed by atoms with E-state index in [1.54, 1.807) is 13.0 Å². The molecule has 0 bridgehead atoms. The third-order valence-corrected chi connectivity index (χ3v) is 3.89. The molecule has 2 aromatic carbocycles. The van der Waals surface area contributed by atoms with Gasteiger partial charge in [-0.05, 0) is 49.7 Å². The summed E-state index contributed by atoms with van der Waals surface area (Å²) in [5.74, 6) is -0.557. The van der Waals surface area contributed by atoms with Crippen LogP contribution >= 0.6 is 0 Å². The Morgan fingerprint density at radius 1 is 1.08 bits per heavy atom. The van der Waals surface area contributed by atoms with Gasteiger partial charge in [-0.3, -0.25) is 4.79 Å². The maximum absolute atomic E-state index is 13.2. The van der Waals surface area contributed by atoms with Gasteiger partial charge in [0.05, 0.1) is 0 Å². The van der Waals surface area contributed by atoms with Gasteiger partial charge >= 0.3 is 0 Å². The second-order valence-corrected chi connectivity index (χ2v) is 5.83. The SMILES string of the molecule is Cc1ccc(NC2NNNC2C(=O)Nc2ccc(F)cc2C)cc1. The number of anilines is 2. The highest BCUT2D eigenvalue weighted by Crippen LogP contribution is 2.17. The van der Waals surface area contributed by atoms with Gasteiger partial charge in [-0.25, -0.2) is 15.2 Å². The van der Waals surface area contributed by atoms with Crippen molar-refractivity contribution >= 4 is 17.3 Å². The minimum absolute atomic E-state index is 0.230. The second kappa shape index (κ2) is 6.96. The zero-order valence-electron chi connectivity index (χ0n) is 13.5. The van der Waals surface area contributed by atoms with E-state index in [0.717, 1.165) is 11.3 Å². The Balaban J connectivity index is 1.68. The number of hydrogen-bond acceptors (Lipinski definition) is 5. The van der Waals surface area contributed by atoms with Crippen LogP contribution in [0.1, 0.15) is 11.1 Å². The first kappa shape index (κ1) is 16.4. The molecule has 0 spiro atoms. The van der Waals surface area contributed by atoms with E-state index in [1.165, 1.54) is 12.1 Å². The highest BCUT2D eigenvalue weighted by molar-refractivity contribution is 5.96. The summed E-state index contributed by atoms with van der Waals surface area (Å²) in [5, 5.41) is 6.07. The van der Waals surface area contributed by atoms with Crippen LogP contribution in [0.5, 0.6) is 0 Å². The summed E-state index contributed by atoms with van der Waals surface area (Å²) in [7, 11) is 0. The highest BCUT2D eigenvalue weighted by atomic mass is 19.1. The third kappa shape index (κ3) is 3.70. The van der Waals surface area contributed by atoms with E-state index in [1.807, 2.05) is 31.2 Å². The Bertz CT molecular complexity index is 734. The van der Waals surface area contributed by atoms with Gasteiger partial charge in [-0.1, -0.05) is 17.7 Å². The minimum Gasteiger partial charge on any atom is -0.367 e. The molecule has 24 heavy (non-hydrogen) atoms. The average Bonchev–Trinajstić information content (AvgIpc) is 3.00. The quantitative estimate of drug-likeness (QED) is 0.591. The maximum atomic E-state index is 13.2. The molecule has 5 N–H and O–H groups in total. The molecule has 3 rings (SSSR count). The predicted octanol–water partition coefficient (Wildman–Crippen LogP) is 1.80. The molecule has 1 saturated heterocycles. The third-order valence-electron chi connectivity index (χ3n) is 3.89. The Morgan fingerprint density at radius 2 is 1.83 bits per heavy atom. The number of carbonyl (C=O) groups is 1. The van der Waals surface area contributed by atoms with Gasteiger partial charge < -0.3 is 10.6 Å². The predicted molar refractivity (Wildman–Crippen MR) is 91.6 cm³/mol. The second-order valence-electron chi connectivity index (χ2n) is 5.83. The van der Waals surface area contributed by atoms with E-state index in [4.69, 9.17) is 0 Å². The van der Waals surface area contributed by atoms with Gasteiger partial charge in [0.1, 0.15) is 18.0 Å². The molecule has 7 heteroatoms. The molecule has 0 radical (unpaired) electrons. The summed E-state index contributed by atoms with van der Waals surface area (Å²) >= 11 is 0. The van der Waals surface area contributed by atoms with Crippen molar-refractivity contribution in [1.82, 2.24) is 16.4 Å². The molecule has 2 unspecified atom stereocenters. The number of carbonyl (C=O) groups excluding carboxylic acids is 1. The number of rotatable bonds is 4. The van der Waals surface area contributed by atoms with Crippen molar-refractivity contribution in [3.8, 4) is 0 Å². The number of benzene rings is 2. The fourth-order valence-electron chi connectivity index (χ4n) is 2.51. The van der Waals surface area contributed by atoms with Crippen LogP contribution in [0.3, 0.4) is 0 Å². The van der Waals surface area contributed by atoms with Crippen molar-refractivity contribution in [3.63, 3.8) is 0 Å². The van der Waals surface area contributed by atoms with Crippen LogP contribution in [-0.4, -0.2) is 18.1 Å². The van der Waals surface area contributed by atoms with E-state index in [-0.39, 0.29) is 17.9 Å². The zero-order chi connectivity index (χ0) is 17.1. The number of aryl methyl sites for hydroxylation is 2. The lowest BCUT2D eigenvalue weighted by atomic mass is 10.1. The summed E-state index contributed by atoms with van der Waals surface area (Å²) in [4.78, 5) is 12.5. The first-order chi connectivity index (χ1) is 11.5. The monoisotopic (exact) mass is 329 g/mol. The van der Waals surface area contributed by atoms with Crippen molar-refractivity contribution in [2.45, 2.75) is 26.1 Å². The number of amides is 1. The van der Waals surface area contributed by atoms with Crippen molar-refractivity contribution < 1.29 is 9.18 Å². The average molecular weight is 329 g/mol. The first-order valence-electron chi connectivity index (χ1n) is 7.69. The molecule has 1 heterocycles. The normalized spacial score (nSPS) is 20.0. The molecule has 0 aromatic heterocycles. The summed E-state index contributed by atoms with van der Waals surface area (Å²) in [6.07, 6.45) is -0.339. The fourth-order valence-corrected chi connectivity index (χ4v) is 2.51. The van der Waals surface area contributed by atoms with Crippen molar-refractivity contribution in [2.24, 2.45) is 0 Å². The molecule has 1 aliphatic rings. The van der Waals surface area contributed by atoms with Crippen LogP contribution in [0.4, 0.5) is 15.8 Å². The minimum atomic E-state index is -0.546. The van der Waals surface area contributed by atoms with Crippen LogP contribution < -0.4 is 27.0 Å². The largest absolute Gasteiger partial charge is 0.367 e. The molecule has 1 aliphatic heterocycles. The van der Waals surface area contributed by atoms with Crippen molar-refractivity contribution in [3.05, 3.63) is 59.4 Å². The molecule has 1 fully saturated rings. The topological polar surface area (TPSA) is 77.2 Å². The van der Waals surface area contributed by atoms with Crippen LogP contribution in [0, 0.1) is 19.7 Å². The summed E-state index contributed by atoms with van der Waals surface area (Å²) in [6.45, 7) is 3.77. The highest BCUT2D eigenvalue weighted by Gasteiger charge is 2.32. The van der Waals surface area contributed by atoms with Crippen molar-refractivity contribution in [1.29, 1.82) is 0 Å². The van der Waals surface area contributed by atoms with E-state index in [0.29, 0.717) is 11.3 Å². The molecule has 0 aliphatic carbocycles. The van der Waals surface area contributed by atoms with Gasteiger partial charge in [-0.15, -0.1) is 0 Å². The smallest absolute Gasteiger partial charge is 0.246 e.